The van der Waals surface area contributed by atoms with E-state index in [0.717, 1.165) is 11.4 Å². The topological polar surface area (TPSA) is 102 Å². The zero-order chi connectivity index (χ0) is 14.3. The first-order valence-corrected chi connectivity index (χ1v) is 6.94. The predicted molar refractivity (Wildman–Crippen MR) is 84.3 cm³/mol. The van der Waals surface area contributed by atoms with Crippen LogP contribution < -0.4 is 16.8 Å². The monoisotopic (exact) mass is 326 g/mol. The minimum Gasteiger partial charge on any atom is -0.396 e. The number of halogens is 2. The Morgan fingerprint density at radius 3 is 2.55 bits per heavy atom. The Morgan fingerprint density at radius 2 is 1.80 bits per heavy atom. The third-order valence-electron chi connectivity index (χ3n) is 2.65. The summed E-state index contributed by atoms with van der Waals surface area (Å²) in [6, 6.07) is 4.96. The molecule has 0 fully saturated rings. The number of nitrogens with one attached hydrogen (secondary N) is 1. The van der Waals surface area contributed by atoms with Crippen LogP contribution in [0, 0.1) is 0 Å². The van der Waals surface area contributed by atoms with E-state index >= 15 is 0 Å². The highest BCUT2D eigenvalue weighted by Crippen LogP contribution is 2.48. The first kappa shape index (κ1) is 13.2. The van der Waals surface area contributed by atoms with Crippen molar-refractivity contribution in [2.24, 2.45) is 8.73 Å². The Kier molecular flexibility index (Phi) is 3.25. The highest BCUT2D eigenvalue weighted by molar-refractivity contribution is 7.58. The third kappa shape index (κ3) is 2.20. The first-order valence-electron chi connectivity index (χ1n) is 5.45. The Hall–Kier alpha value is -1.83. The zero-order valence-corrected chi connectivity index (χ0v) is 12.2. The van der Waals surface area contributed by atoms with Crippen LogP contribution in [-0.2, 0) is 11.4 Å². The number of aromatic nitrogens is 1. The molecule has 2 aromatic rings. The number of rotatable bonds is 2. The fourth-order valence-corrected chi connectivity index (χ4v) is 2.84. The van der Waals surface area contributed by atoms with Crippen molar-refractivity contribution < 1.29 is 0 Å². The number of hydrogen-bond acceptors (Lipinski definition) is 6. The number of nitrogens with two attached hydrogens (primary N) is 2. The number of pyridine rings is 1. The summed E-state index contributed by atoms with van der Waals surface area (Å²) in [5, 5.41) is 3.94. The molecule has 0 spiro atoms. The van der Waals surface area contributed by atoms with Crippen molar-refractivity contribution in [1.29, 1.82) is 0 Å². The molecule has 0 amide bonds. The van der Waals surface area contributed by atoms with Crippen molar-refractivity contribution in [2.75, 3.05) is 16.8 Å². The van der Waals surface area contributed by atoms with E-state index in [1.165, 1.54) is 0 Å². The van der Waals surface area contributed by atoms with Crippen LogP contribution in [0.4, 0.5) is 34.4 Å². The standard InChI is InChI=1S/C11H8Cl2N6S/c12-4-3-5(13)9-10(19-20-18-9)8(4)16-7-2-1-6(14)11(15)17-7/h1-3H,14H2,(H3,15,16,17). The summed E-state index contributed by atoms with van der Waals surface area (Å²) < 4.78 is 8.32. The van der Waals surface area contributed by atoms with Crippen molar-refractivity contribution in [1.82, 2.24) is 4.98 Å². The molecule has 1 aromatic heterocycles. The molecule has 5 N–H and O–H groups in total. The van der Waals surface area contributed by atoms with Gasteiger partial charge in [0, 0.05) is 0 Å². The lowest BCUT2D eigenvalue weighted by Crippen LogP contribution is -2.01. The van der Waals surface area contributed by atoms with Crippen molar-refractivity contribution >= 4 is 68.9 Å². The minimum atomic E-state index is 0.243. The molecule has 0 atom stereocenters. The summed E-state index contributed by atoms with van der Waals surface area (Å²) in [6.07, 6.45) is 0. The Labute approximate surface area is 128 Å². The van der Waals surface area contributed by atoms with Crippen LogP contribution in [0.25, 0.3) is 0 Å². The van der Waals surface area contributed by atoms with Crippen LogP contribution in [0.15, 0.2) is 26.9 Å². The predicted octanol–water partition coefficient (Wildman–Crippen LogP) is 4.02. The largest absolute Gasteiger partial charge is 0.396 e. The Bertz CT molecular complexity index is 785. The van der Waals surface area contributed by atoms with E-state index in [1.54, 1.807) is 18.2 Å². The fraction of sp³-hybridized carbons (Fsp3) is 0. The molecule has 6 nitrogen and oxygen atoms in total. The maximum atomic E-state index is 6.19. The molecule has 20 heavy (non-hydrogen) atoms. The average Bonchev–Trinajstić information content (AvgIpc) is 2.88. The van der Waals surface area contributed by atoms with Crippen LogP contribution in [0.2, 0.25) is 10.0 Å². The molecule has 9 heteroatoms. The lowest BCUT2D eigenvalue weighted by molar-refractivity contribution is 1.31. The molecule has 1 aliphatic heterocycles. The molecular weight excluding hydrogens is 319 g/mol. The van der Waals surface area contributed by atoms with E-state index in [2.05, 4.69) is 19.0 Å². The van der Waals surface area contributed by atoms with Gasteiger partial charge in [-0.1, -0.05) is 23.2 Å². The van der Waals surface area contributed by atoms with Gasteiger partial charge in [0.2, 0.25) is 0 Å². The van der Waals surface area contributed by atoms with Crippen molar-refractivity contribution in [2.45, 2.75) is 0 Å². The molecule has 3 rings (SSSR count). The van der Waals surface area contributed by atoms with E-state index in [9.17, 15) is 0 Å². The Morgan fingerprint density at radius 1 is 1.05 bits per heavy atom. The molecule has 0 bridgehead atoms. The summed E-state index contributed by atoms with van der Waals surface area (Å²) in [7, 11) is 0. The number of hydrogen-bond donors (Lipinski definition) is 3. The summed E-state index contributed by atoms with van der Waals surface area (Å²) in [5.74, 6) is 0.753. The van der Waals surface area contributed by atoms with Gasteiger partial charge in [0.1, 0.15) is 23.0 Å². The fourth-order valence-electron chi connectivity index (χ4n) is 1.68. The van der Waals surface area contributed by atoms with Gasteiger partial charge in [-0.05, 0) is 18.2 Å². The molecule has 2 heterocycles. The first-order chi connectivity index (χ1) is 9.56. The van der Waals surface area contributed by atoms with Gasteiger partial charge < -0.3 is 16.8 Å². The van der Waals surface area contributed by atoms with Crippen LogP contribution in [0.3, 0.4) is 0 Å². The third-order valence-corrected chi connectivity index (χ3v) is 3.77. The molecule has 0 aliphatic carbocycles. The van der Waals surface area contributed by atoms with Crippen LogP contribution >= 0.6 is 23.2 Å². The molecule has 0 radical (unpaired) electrons. The summed E-state index contributed by atoms with van der Waals surface area (Å²) in [4.78, 5) is 4.13. The summed E-state index contributed by atoms with van der Waals surface area (Å²) >= 11 is 13.3. The van der Waals surface area contributed by atoms with Gasteiger partial charge in [-0.3, -0.25) is 0 Å². The lowest BCUT2D eigenvalue weighted by Gasteiger charge is -2.12. The average molecular weight is 327 g/mol. The van der Waals surface area contributed by atoms with Crippen LogP contribution in [0.1, 0.15) is 0 Å². The molecule has 0 unspecified atom stereocenters. The highest BCUT2D eigenvalue weighted by Gasteiger charge is 2.19. The molecule has 102 valence electrons. The quantitative estimate of drug-likeness (QED) is 0.661. The number of nitrogen functional groups attached to an aromatic ring is 2. The Balaban J connectivity index is 2.06. The second kappa shape index (κ2) is 4.93. The van der Waals surface area contributed by atoms with Gasteiger partial charge in [0.05, 0.1) is 32.8 Å². The SMILES string of the molecule is Nc1ccc(Nc2c(Cl)cc(Cl)c3c2N=S=N3)nc1N. The van der Waals surface area contributed by atoms with Crippen molar-refractivity contribution in [3.05, 3.63) is 28.2 Å². The van der Waals surface area contributed by atoms with E-state index in [4.69, 9.17) is 34.7 Å². The second-order valence-corrected chi connectivity index (χ2v) is 5.32. The van der Waals surface area contributed by atoms with E-state index < -0.39 is 0 Å². The van der Waals surface area contributed by atoms with E-state index in [-0.39, 0.29) is 5.82 Å². The van der Waals surface area contributed by atoms with Crippen molar-refractivity contribution in [3.63, 3.8) is 0 Å². The smallest absolute Gasteiger partial charge is 0.149 e. The van der Waals surface area contributed by atoms with E-state index in [0.29, 0.717) is 38.6 Å². The lowest BCUT2D eigenvalue weighted by atomic mass is 10.2. The highest BCUT2D eigenvalue weighted by atomic mass is 35.5. The molecule has 1 aliphatic rings. The number of nitrogens with zero attached hydrogens (tertiary/aromatic N) is 3. The van der Waals surface area contributed by atoms with Crippen LogP contribution in [0.5, 0.6) is 0 Å². The molecule has 0 saturated heterocycles. The second-order valence-electron chi connectivity index (χ2n) is 3.97. The van der Waals surface area contributed by atoms with Gasteiger partial charge in [-0.15, -0.1) is 0 Å². The minimum absolute atomic E-state index is 0.243. The van der Waals surface area contributed by atoms with E-state index in [1.807, 2.05) is 0 Å². The van der Waals surface area contributed by atoms with Gasteiger partial charge in [-0.2, -0.15) is 8.73 Å². The maximum absolute atomic E-state index is 6.19. The summed E-state index contributed by atoms with van der Waals surface area (Å²) in [5.41, 5.74) is 13.5. The zero-order valence-electron chi connectivity index (χ0n) is 9.89. The van der Waals surface area contributed by atoms with Gasteiger partial charge in [-0.25, -0.2) is 4.98 Å². The van der Waals surface area contributed by atoms with Gasteiger partial charge >= 0.3 is 0 Å². The van der Waals surface area contributed by atoms with Gasteiger partial charge in [0.25, 0.3) is 0 Å². The van der Waals surface area contributed by atoms with Crippen molar-refractivity contribution in [3.8, 4) is 0 Å². The number of anilines is 4. The summed E-state index contributed by atoms with van der Waals surface area (Å²) in [6.45, 7) is 0. The molecule has 1 aromatic carbocycles. The van der Waals surface area contributed by atoms with Gasteiger partial charge in [0.15, 0.2) is 0 Å². The molecule has 0 saturated carbocycles. The number of fused-ring (bicyclic) bond motifs is 1. The molecular formula is C11H8Cl2N6S. The number of benzene rings is 1. The normalized spacial score (nSPS) is 12.1. The van der Waals surface area contributed by atoms with Crippen LogP contribution in [-0.4, -0.2) is 4.98 Å². The maximum Gasteiger partial charge on any atom is 0.149 e.